The van der Waals surface area contributed by atoms with Crippen molar-refractivity contribution < 1.29 is 9.47 Å². The standard InChI is InChI=1S/C13H21N3O2S/c1-9-12(19-16-15-9)11(14)10-2-5-18-13(8-10)3-6-17-7-4-13/h10-11H,2-8,14H2,1H3. The Morgan fingerprint density at radius 2 is 2.16 bits per heavy atom. The van der Waals surface area contributed by atoms with Gasteiger partial charge in [0.15, 0.2) is 0 Å². The van der Waals surface area contributed by atoms with E-state index in [4.69, 9.17) is 15.2 Å². The fourth-order valence-electron chi connectivity index (χ4n) is 3.22. The molecule has 1 aromatic heterocycles. The van der Waals surface area contributed by atoms with E-state index in [1.807, 2.05) is 6.92 Å². The fourth-order valence-corrected chi connectivity index (χ4v) is 3.96. The second-order valence-electron chi connectivity index (χ2n) is 5.65. The molecule has 3 heterocycles. The molecule has 1 spiro atoms. The van der Waals surface area contributed by atoms with Crippen LogP contribution in [0.3, 0.4) is 0 Å². The van der Waals surface area contributed by atoms with Gasteiger partial charge in [-0.25, -0.2) is 0 Å². The summed E-state index contributed by atoms with van der Waals surface area (Å²) in [5.41, 5.74) is 7.43. The topological polar surface area (TPSA) is 70.3 Å². The van der Waals surface area contributed by atoms with Gasteiger partial charge in [-0.2, -0.15) is 0 Å². The van der Waals surface area contributed by atoms with Crippen LogP contribution in [0.25, 0.3) is 0 Å². The Labute approximate surface area is 117 Å². The molecular weight excluding hydrogens is 262 g/mol. The summed E-state index contributed by atoms with van der Waals surface area (Å²) in [6.45, 7) is 4.41. The summed E-state index contributed by atoms with van der Waals surface area (Å²) < 4.78 is 15.5. The molecule has 0 bridgehead atoms. The lowest BCUT2D eigenvalue weighted by molar-refractivity contribution is -0.149. The summed E-state index contributed by atoms with van der Waals surface area (Å²) in [7, 11) is 0. The van der Waals surface area contributed by atoms with E-state index in [1.165, 1.54) is 11.5 Å². The van der Waals surface area contributed by atoms with Crippen LogP contribution in [0, 0.1) is 12.8 Å². The molecule has 0 amide bonds. The first-order chi connectivity index (χ1) is 9.20. The third-order valence-electron chi connectivity index (χ3n) is 4.43. The maximum atomic E-state index is 6.45. The second kappa shape index (κ2) is 5.44. The Morgan fingerprint density at radius 3 is 2.84 bits per heavy atom. The molecule has 2 atom stereocenters. The monoisotopic (exact) mass is 283 g/mol. The molecule has 106 valence electrons. The molecule has 2 aliphatic rings. The van der Waals surface area contributed by atoms with Crippen LogP contribution in [0.5, 0.6) is 0 Å². The number of nitrogens with zero attached hydrogens (tertiary/aromatic N) is 2. The highest BCUT2D eigenvalue weighted by Crippen LogP contribution is 2.41. The van der Waals surface area contributed by atoms with Crippen LogP contribution < -0.4 is 5.73 Å². The van der Waals surface area contributed by atoms with E-state index in [1.54, 1.807) is 0 Å². The van der Waals surface area contributed by atoms with E-state index < -0.39 is 0 Å². The molecular formula is C13H21N3O2S. The van der Waals surface area contributed by atoms with Gasteiger partial charge < -0.3 is 15.2 Å². The Kier molecular flexibility index (Phi) is 3.84. The van der Waals surface area contributed by atoms with Gasteiger partial charge in [0.1, 0.15) is 0 Å². The molecule has 2 unspecified atom stereocenters. The van der Waals surface area contributed by atoms with Gasteiger partial charge in [-0.15, -0.1) is 5.10 Å². The zero-order valence-corrected chi connectivity index (χ0v) is 12.1. The van der Waals surface area contributed by atoms with Crippen molar-refractivity contribution in [2.75, 3.05) is 19.8 Å². The lowest BCUT2D eigenvalue weighted by Gasteiger charge is -2.44. The van der Waals surface area contributed by atoms with Crippen molar-refractivity contribution >= 4 is 11.5 Å². The molecule has 0 radical (unpaired) electrons. The van der Waals surface area contributed by atoms with Crippen LogP contribution in [0.2, 0.25) is 0 Å². The van der Waals surface area contributed by atoms with Crippen LogP contribution >= 0.6 is 11.5 Å². The minimum Gasteiger partial charge on any atom is -0.381 e. The van der Waals surface area contributed by atoms with Gasteiger partial charge in [-0.3, -0.25) is 0 Å². The number of aryl methyl sites for hydroxylation is 1. The van der Waals surface area contributed by atoms with Crippen molar-refractivity contribution in [2.45, 2.75) is 44.2 Å². The first-order valence-corrected chi connectivity index (χ1v) is 7.74. The minimum absolute atomic E-state index is 0.00477. The van der Waals surface area contributed by atoms with E-state index in [0.29, 0.717) is 5.92 Å². The molecule has 1 aromatic rings. The van der Waals surface area contributed by atoms with E-state index >= 15 is 0 Å². The van der Waals surface area contributed by atoms with Crippen molar-refractivity contribution in [3.05, 3.63) is 10.6 Å². The molecule has 0 aliphatic carbocycles. The highest BCUT2D eigenvalue weighted by Gasteiger charge is 2.41. The Balaban J connectivity index is 1.72. The molecule has 3 rings (SSSR count). The molecule has 2 N–H and O–H groups in total. The Bertz CT molecular complexity index is 426. The quantitative estimate of drug-likeness (QED) is 0.896. The predicted octanol–water partition coefficient (Wildman–Crippen LogP) is 1.82. The zero-order chi connectivity index (χ0) is 13.3. The molecule has 2 saturated heterocycles. The van der Waals surface area contributed by atoms with Crippen LogP contribution in [-0.4, -0.2) is 35.0 Å². The van der Waals surface area contributed by atoms with Crippen LogP contribution in [0.15, 0.2) is 0 Å². The molecule has 2 aliphatic heterocycles. The van der Waals surface area contributed by atoms with Crippen molar-refractivity contribution in [1.82, 2.24) is 9.59 Å². The van der Waals surface area contributed by atoms with E-state index in [2.05, 4.69) is 9.59 Å². The fraction of sp³-hybridized carbons (Fsp3) is 0.846. The van der Waals surface area contributed by atoms with E-state index in [9.17, 15) is 0 Å². The van der Waals surface area contributed by atoms with Crippen LogP contribution in [0.4, 0.5) is 0 Å². The van der Waals surface area contributed by atoms with Gasteiger partial charge in [0.05, 0.1) is 16.2 Å². The van der Waals surface area contributed by atoms with Gasteiger partial charge in [-0.1, -0.05) is 4.49 Å². The molecule has 0 aromatic carbocycles. The zero-order valence-electron chi connectivity index (χ0n) is 11.3. The van der Waals surface area contributed by atoms with Crippen molar-refractivity contribution in [1.29, 1.82) is 0 Å². The molecule has 2 fully saturated rings. The molecule has 6 heteroatoms. The predicted molar refractivity (Wildman–Crippen MR) is 73.0 cm³/mol. The highest BCUT2D eigenvalue weighted by molar-refractivity contribution is 7.05. The third kappa shape index (κ3) is 2.67. The normalized spacial score (nSPS) is 28.4. The minimum atomic E-state index is 0.00477. The molecule has 19 heavy (non-hydrogen) atoms. The van der Waals surface area contributed by atoms with Crippen LogP contribution in [-0.2, 0) is 9.47 Å². The van der Waals surface area contributed by atoms with Gasteiger partial charge >= 0.3 is 0 Å². The van der Waals surface area contributed by atoms with E-state index in [-0.39, 0.29) is 11.6 Å². The van der Waals surface area contributed by atoms with E-state index in [0.717, 1.165) is 56.1 Å². The van der Waals surface area contributed by atoms with Crippen molar-refractivity contribution in [3.8, 4) is 0 Å². The third-order valence-corrected chi connectivity index (χ3v) is 5.36. The first kappa shape index (κ1) is 13.4. The van der Waals surface area contributed by atoms with Crippen LogP contribution in [0.1, 0.15) is 42.3 Å². The second-order valence-corrected chi connectivity index (χ2v) is 6.43. The number of nitrogens with two attached hydrogens (primary N) is 1. The lowest BCUT2D eigenvalue weighted by atomic mass is 9.77. The van der Waals surface area contributed by atoms with Gasteiger partial charge in [0, 0.05) is 25.9 Å². The number of rotatable bonds is 2. The highest BCUT2D eigenvalue weighted by atomic mass is 32.1. The summed E-state index contributed by atoms with van der Waals surface area (Å²) in [5.74, 6) is 0.466. The molecule has 0 saturated carbocycles. The number of ether oxygens (including phenoxy) is 2. The number of aromatic nitrogens is 2. The molecule has 5 nitrogen and oxygen atoms in total. The summed E-state index contributed by atoms with van der Waals surface area (Å²) in [6, 6.07) is 0.0450. The van der Waals surface area contributed by atoms with Gasteiger partial charge in [0.25, 0.3) is 0 Å². The van der Waals surface area contributed by atoms with Crippen molar-refractivity contribution in [3.63, 3.8) is 0 Å². The van der Waals surface area contributed by atoms with Gasteiger partial charge in [-0.05, 0) is 50.1 Å². The maximum absolute atomic E-state index is 6.45. The lowest BCUT2D eigenvalue weighted by Crippen LogP contribution is -2.46. The van der Waals surface area contributed by atoms with Crippen molar-refractivity contribution in [2.24, 2.45) is 11.7 Å². The average Bonchev–Trinajstić information content (AvgIpc) is 2.85. The van der Waals surface area contributed by atoms with Gasteiger partial charge in [0.2, 0.25) is 0 Å². The Morgan fingerprint density at radius 1 is 1.37 bits per heavy atom. The summed E-state index contributed by atoms with van der Waals surface area (Å²) in [4.78, 5) is 1.13. The SMILES string of the molecule is Cc1nnsc1C(N)C1CCOC2(CCOCC2)C1. The summed E-state index contributed by atoms with van der Waals surface area (Å²) >= 11 is 1.43. The average molecular weight is 283 g/mol. The maximum Gasteiger partial charge on any atom is 0.0772 e. The smallest absolute Gasteiger partial charge is 0.0772 e. The largest absolute Gasteiger partial charge is 0.381 e. The number of hydrogen-bond acceptors (Lipinski definition) is 6. The summed E-state index contributed by atoms with van der Waals surface area (Å²) in [5, 5.41) is 4.07. The number of hydrogen-bond donors (Lipinski definition) is 1. The Hall–Kier alpha value is -0.560. The first-order valence-electron chi connectivity index (χ1n) is 6.96. The summed E-state index contributed by atoms with van der Waals surface area (Å²) in [6.07, 6.45) is 4.06.